The lowest BCUT2D eigenvalue weighted by atomic mass is 10.2. The molecule has 2 amide bonds. The van der Waals surface area contributed by atoms with Gasteiger partial charge in [-0.25, -0.2) is 0 Å². The Morgan fingerprint density at radius 2 is 1.92 bits per heavy atom. The molecule has 1 aromatic heterocycles. The summed E-state index contributed by atoms with van der Waals surface area (Å²) < 4.78 is 5.16. The number of nitrogens with zero attached hydrogens (tertiary/aromatic N) is 1. The highest BCUT2D eigenvalue weighted by atomic mass is 32.2. The molecule has 128 valence electrons. The Morgan fingerprint density at radius 1 is 1.21 bits per heavy atom. The maximum absolute atomic E-state index is 12.3. The van der Waals surface area contributed by atoms with Crippen molar-refractivity contribution in [2.45, 2.75) is 38.3 Å². The van der Waals surface area contributed by atoms with Gasteiger partial charge in [0.15, 0.2) is 0 Å². The second kappa shape index (κ2) is 8.01. The summed E-state index contributed by atoms with van der Waals surface area (Å²) in [4.78, 5) is 24.7. The van der Waals surface area contributed by atoms with E-state index in [1.165, 1.54) is 11.8 Å². The molecule has 0 bridgehead atoms. The minimum absolute atomic E-state index is 0.200. The molecule has 0 aliphatic carbocycles. The molecule has 0 atom stereocenters. The third-order valence-electron chi connectivity index (χ3n) is 3.51. The average Bonchev–Trinajstić information content (AvgIpc) is 2.88. The monoisotopic (exact) mass is 347 g/mol. The third kappa shape index (κ3) is 4.38. The van der Waals surface area contributed by atoms with Crippen molar-refractivity contribution >= 4 is 23.6 Å². The summed E-state index contributed by atoms with van der Waals surface area (Å²) in [6, 6.07) is 7.27. The van der Waals surface area contributed by atoms with Gasteiger partial charge in [-0.05, 0) is 26.0 Å². The second-order valence-electron chi connectivity index (χ2n) is 5.69. The van der Waals surface area contributed by atoms with Crippen LogP contribution in [0.1, 0.15) is 41.2 Å². The Hall–Kier alpha value is -2.28. The molecule has 1 heterocycles. The second-order valence-corrected chi connectivity index (χ2v) is 6.70. The summed E-state index contributed by atoms with van der Waals surface area (Å²) in [7, 11) is 0. The van der Waals surface area contributed by atoms with Gasteiger partial charge in [0.2, 0.25) is 5.91 Å². The van der Waals surface area contributed by atoms with Crippen LogP contribution in [-0.4, -0.2) is 17.0 Å². The van der Waals surface area contributed by atoms with Gasteiger partial charge < -0.3 is 4.52 Å². The van der Waals surface area contributed by atoms with Crippen molar-refractivity contribution in [3.63, 3.8) is 0 Å². The summed E-state index contributed by atoms with van der Waals surface area (Å²) in [6.07, 6.45) is 0. The first-order valence-electron chi connectivity index (χ1n) is 7.64. The smallest absolute Gasteiger partial charge is 0.270 e. The minimum Gasteiger partial charge on any atom is -0.361 e. The van der Waals surface area contributed by atoms with E-state index in [2.05, 4.69) is 16.0 Å². The number of benzene rings is 1. The first kappa shape index (κ1) is 18.1. The number of rotatable bonds is 5. The van der Waals surface area contributed by atoms with Crippen molar-refractivity contribution < 1.29 is 14.1 Å². The Kier molecular flexibility index (Phi) is 6.03. The summed E-state index contributed by atoms with van der Waals surface area (Å²) in [5.74, 6) is 0.666. The molecule has 0 spiro atoms. The molecule has 0 fully saturated rings. The Balaban J connectivity index is 2.07. The molecular formula is C17H21N3O3S. The van der Waals surface area contributed by atoms with E-state index in [1.807, 2.05) is 26.0 Å². The molecule has 2 N–H and O–H groups in total. The van der Waals surface area contributed by atoms with Gasteiger partial charge in [-0.2, -0.15) is 0 Å². The third-order valence-corrected chi connectivity index (χ3v) is 4.61. The first-order chi connectivity index (χ1) is 11.4. The SMILES string of the molecule is Cc1noc(C)c1CSc1ccccc1C(=O)NNC(=O)C(C)C. The van der Waals surface area contributed by atoms with E-state index in [1.54, 1.807) is 26.0 Å². The topological polar surface area (TPSA) is 84.2 Å². The van der Waals surface area contributed by atoms with Crippen LogP contribution in [0.15, 0.2) is 33.7 Å². The van der Waals surface area contributed by atoms with Crippen molar-refractivity contribution in [2.24, 2.45) is 5.92 Å². The van der Waals surface area contributed by atoms with E-state index in [9.17, 15) is 9.59 Å². The standard InChI is InChI=1S/C17H21N3O3S/c1-10(2)16(21)18-19-17(22)13-7-5-6-8-15(13)24-9-14-11(3)20-23-12(14)4/h5-8,10H,9H2,1-4H3,(H,18,21)(H,19,22). The molecule has 2 rings (SSSR count). The lowest BCUT2D eigenvalue weighted by Gasteiger charge is -2.12. The van der Waals surface area contributed by atoms with Gasteiger partial charge in [-0.1, -0.05) is 31.1 Å². The summed E-state index contributed by atoms with van der Waals surface area (Å²) in [5.41, 5.74) is 7.27. The first-order valence-corrected chi connectivity index (χ1v) is 8.62. The molecule has 6 nitrogen and oxygen atoms in total. The number of carbonyl (C=O) groups is 2. The number of aromatic nitrogens is 1. The average molecular weight is 347 g/mol. The molecule has 2 aromatic rings. The number of amides is 2. The van der Waals surface area contributed by atoms with Crippen molar-refractivity contribution in [2.75, 3.05) is 0 Å². The van der Waals surface area contributed by atoms with Crippen molar-refractivity contribution in [3.8, 4) is 0 Å². The highest BCUT2D eigenvalue weighted by Crippen LogP contribution is 2.28. The number of hydrazine groups is 1. The molecule has 1 aromatic carbocycles. The van der Waals surface area contributed by atoms with Gasteiger partial charge in [0.1, 0.15) is 5.76 Å². The molecule has 0 aliphatic heterocycles. The highest BCUT2D eigenvalue weighted by molar-refractivity contribution is 7.98. The van der Waals surface area contributed by atoms with Crippen molar-refractivity contribution in [3.05, 3.63) is 46.8 Å². The highest BCUT2D eigenvalue weighted by Gasteiger charge is 2.15. The lowest BCUT2D eigenvalue weighted by molar-refractivity contribution is -0.124. The van der Waals surface area contributed by atoms with Crippen molar-refractivity contribution in [1.29, 1.82) is 0 Å². The van der Waals surface area contributed by atoms with E-state index in [0.29, 0.717) is 11.3 Å². The van der Waals surface area contributed by atoms with E-state index >= 15 is 0 Å². The van der Waals surface area contributed by atoms with Crippen LogP contribution in [0.4, 0.5) is 0 Å². The molecule has 0 saturated carbocycles. The molecule has 24 heavy (non-hydrogen) atoms. The van der Waals surface area contributed by atoms with E-state index in [4.69, 9.17) is 4.52 Å². The van der Waals surface area contributed by atoms with Crippen molar-refractivity contribution in [1.82, 2.24) is 16.0 Å². The summed E-state index contributed by atoms with van der Waals surface area (Å²) in [6.45, 7) is 7.28. The lowest BCUT2D eigenvalue weighted by Crippen LogP contribution is -2.43. The van der Waals surface area contributed by atoms with Crippen LogP contribution >= 0.6 is 11.8 Å². The number of aryl methyl sites for hydroxylation is 2. The van der Waals surface area contributed by atoms with Crippen LogP contribution in [0.5, 0.6) is 0 Å². The Bertz CT molecular complexity index is 721. The fourth-order valence-corrected chi connectivity index (χ4v) is 3.17. The molecule has 0 unspecified atom stereocenters. The van der Waals surface area contributed by atoms with Crippen LogP contribution in [0.2, 0.25) is 0 Å². The maximum Gasteiger partial charge on any atom is 0.270 e. The van der Waals surface area contributed by atoms with Gasteiger partial charge in [0.05, 0.1) is 11.3 Å². The molecule has 0 saturated heterocycles. The number of hydrogen-bond acceptors (Lipinski definition) is 5. The van der Waals surface area contributed by atoms with Crippen LogP contribution in [-0.2, 0) is 10.5 Å². The zero-order chi connectivity index (χ0) is 17.7. The van der Waals surface area contributed by atoms with Gasteiger partial charge in [-0.15, -0.1) is 11.8 Å². The number of nitrogens with one attached hydrogen (secondary N) is 2. The summed E-state index contributed by atoms with van der Waals surface area (Å²) >= 11 is 1.53. The van der Waals surface area contributed by atoms with Crippen LogP contribution in [0.3, 0.4) is 0 Å². The maximum atomic E-state index is 12.3. The van der Waals surface area contributed by atoms with Crippen LogP contribution in [0, 0.1) is 19.8 Å². The van der Waals surface area contributed by atoms with Gasteiger partial charge in [-0.3, -0.25) is 20.4 Å². The van der Waals surface area contributed by atoms with Gasteiger partial charge in [0, 0.05) is 22.1 Å². The Morgan fingerprint density at radius 3 is 2.54 bits per heavy atom. The van der Waals surface area contributed by atoms with E-state index < -0.39 is 0 Å². The quantitative estimate of drug-likeness (QED) is 0.641. The zero-order valence-electron chi connectivity index (χ0n) is 14.2. The normalized spacial score (nSPS) is 10.7. The van der Waals surface area contributed by atoms with E-state index in [0.717, 1.165) is 21.9 Å². The van der Waals surface area contributed by atoms with Crippen LogP contribution < -0.4 is 10.9 Å². The predicted molar refractivity (Wildman–Crippen MR) is 92.4 cm³/mol. The van der Waals surface area contributed by atoms with Crippen LogP contribution in [0.25, 0.3) is 0 Å². The molecule has 7 heteroatoms. The fourth-order valence-electron chi connectivity index (χ4n) is 1.97. The van der Waals surface area contributed by atoms with Gasteiger partial charge >= 0.3 is 0 Å². The van der Waals surface area contributed by atoms with E-state index in [-0.39, 0.29) is 17.7 Å². The number of carbonyl (C=O) groups excluding carboxylic acids is 2. The molecular weight excluding hydrogens is 326 g/mol. The zero-order valence-corrected chi connectivity index (χ0v) is 15.0. The largest absolute Gasteiger partial charge is 0.361 e. The van der Waals surface area contributed by atoms with Gasteiger partial charge in [0.25, 0.3) is 5.91 Å². The molecule has 0 aliphatic rings. The number of hydrogen-bond donors (Lipinski definition) is 2. The fraction of sp³-hybridized carbons (Fsp3) is 0.353. The number of thioether (sulfide) groups is 1. The predicted octanol–water partition coefficient (Wildman–Crippen LogP) is 3.00. The summed E-state index contributed by atoms with van der Waals surface area (Å²) in [5, 5.41) is 3.94. The minimum atomic E-state index is -0.342. The molecule has 0 radical (unpaired) electrons. The Labute approximate surface area is 145 Å².